The Labute approximate surface area is 204 Å². The molecule has 0 amide bonds. The molecular formula is C28H28N6O. The molecule has 35 heavy (non-hydrogen) atoms. The molecule has 0 spiro atoms. The molecule has 0 radical (unpaired) electrons. The molecule has 5 rings (SSSR count). The van der Waals surface area contributed by atoms with E-state index < -0.39 is 0 Å². The van der Waals surface area contributed by atoms with Crippen molar-refractivity contribution >= 4 is 10.9 Å². The molecule has 176 valence electrons. The third kappa shape index (κ3) is 5.70. The number of pyridine rings is 1. The van der Waals surface area contributed by atoms with Gasteiger partial charge in [-0.15, -0.1) is 5.10 Å². The van der Waals surface area contributed by atoms with E-state index in [-0.39, 0.29) is 5.56 Å². The van der Waals surface area contributed by atoms with Gasteiger partial charge in [0.05, 0.1) is 6.54 Å². The quantitative estimate of drug-likeness (QED) is 0.352. The van der Waals surface area contributed by atoms with Crippen molar-refractivity contribution in [2.75, 3.05) is 0 Å². The van der Waals surface area contributed by atoms with Crippen LogP contribution in [0.15, 0.2) is 89.7 Å². The summed E-state index contributed by atoms with van der Waals surface area (Å²) in [6.07, 6.45) is 0.849. The third-order valence-electron chi connectivity index (χ3n) is 6.15. The number of aromatic amines is 1. The lowest BCUT2D eigenvalue weighted by Gasteiger charge is -2.22. The summed E-state index contributed by atoms with van der Waals surface area (Å²) in [4.78, 5) is 18.2. The first kappa shape index (κ1) is 22.7. The summed E-state index contributed by atoms with van der Waals surface area (Å²) < 4.78 is 1.86. The third-order valence-corrected chi connectivity index (χ3v) is 6.15. The standard InChI is InChI=1S/C28H28N6O/c1-21-12-13-24-17-25(28(35)29-26(24)16-21)19-33(18-23-10-6-3-7-11-23)20-27-30-31-32-34(27)15-14-22-8-4-2-5-9-22/h2-13,16-17H,14-15,18-20H2,1H3,(H,29,35). The maximum Gasteiger partial charge on any atom is 0.252 e. The Bertz CT molecular complexity index is 1460. The normalized spacial score (nSPS) is 11.4. The predicted molar refractivity (Wildman–Crippen MR) is 137 cm³/mol. The molecule has 0 bridgehead atoms. The monoisotopic (exact) mass is 464 g/mol. The number of benzene rings is 3. The van der Waals surface area contributed by atoms with Crippen molar-refractivity contribution in [1.82, 2.24) is 30.1 Å². The van der Waals surface area contributed by atoms with Gasteiger partial charge in [0.25, 0.3) is 5.56 Å². The first-order valence-corrected chi connectivity index (χ1v) is 11.8. The molecule has 0 saturated carbocycles. The number of aromatic nitrogens is 5. The summed E-state index contributed by atoms with van der Waals surface area (Å²) in [5.74, 6) is 0.782. The van der Waals surface area contributed by atoms with Gasteiger partial charge in [-0.3, -0.25) is 9.69 Å². The van der Waals surface area contributed by atoms with Gasteiger partial charge in [0.2, 0.25) is 0 Å². The van der Waals surface area contributed by atoms with Crippen LogP contribution in [0.4, 0.5) is 0 Å². The lowest BCUT2D eigenvalue weighted by atomic mass is 10.1. The molecule has 0 aliphatic heterocycles. The Hall–Kier alpha value is -4.10. The highest BCUT2D eigenvalue weighted by molar-refractivity contribution is 5.79. The van der Waals surface area contributed by atoms with Crippen LogP contribution in [-0.4, -0.2) is 30.1 Å². The van der Waals surface area contributed by atoms with E-state index in [0.717, 1.165) is 34.3 Å². The zero-order valence-electron chi connectivity index (χ0n) is 19.8. The van der Waals surface area contributed by atoms with Gasteiger partial charge in [0.1, 0.15) is 0 Å². The molecular weight excluding hydrogens is 436 g/mol. The van der Waals surface area contributed by atoms with Crippen LogP contribution < -0.4 is 5.56 Å². The van der Waals surface area contributed by atoms with Crippen molar-refractivity contribution in [1.29, 1.82) is 0 Å². The van der Waals surface area contributed by atoms with E-state index in [1.165, 1.54) is 11.1 Å². The molecule has 0 aliphatic rings. The molecule has 0 fully saturated rings. The first-order valence-electron chi connectivity index (χ1n) is 11.8. The van der Waals surface area contributed by atoms with Gasteiger partial charge in [0.15, 0.2) is 5.82 Å². The molecule has 5 aromatic rings. The number of aryl methyl sites for hydroxylation is 3. The molecule has 2 aromatic heterocycles. The highest BCUT2D eigenvalue weighted by Crippen LogP contribution is 2.16. The number of hydrogen-bond donors (Lipinski definition) is 1. The Morgan fingerprint density at radius 2 is 1.60 bits per heavy atom. The second kappa shape index (κ2) is 10.4. The van der Waals surface area contributed by atoms with Crippen LogP contribution in [0.25, 0.3) is 10.9 Å². The minimum Gasteiger partial charge on any atom is -0.322 e. The van der Waals surface area contributed by atoms with E-state index in [9.17, 15) is 4.79 Å². The molecule has 1 N–H and O–H groups in total. The highest BCUT2D eigenvalue weighted by atomic mass is 16.1. The van der Waals surface area contributed by atoms with Crippen molar-refractivity contribution in [2.45, 2.75) is 39.5 Å². The van der Waals surface area contributed by atoms with E-state index >= 15 is 0 Å². The molecule has 7 nitrogen and oxygen atoms in total. The number of fused-ring (bicyclic) bond motifs is 1. The van der Waals surface area contributed by atoms with Gasteiger partial charge in [-0.2, -0.15) is 0 Å². The fourth-order valence-corrected chi connectivity index (χ4v) is 4.32. The van der Waals surface area contributed by atoms with Crippen LogP contribution in [0.2, 0.25) is 0 Å². The van der Waals surface area contributed by atoms with E-state index in [4.69, 9.17) is 0 Å². The molecule has 7 heteroatoms. The summed E-state index contributed by atoms with van der Waals surface area (Å²) >= 11 is 0. The lowest BCUT2D eigenvalue weighted by Crippen LogP contribution is -2.28. The van der Waals surface area contributed by atoms with E-state index in [0.29, 0.717) is 26.2 Å². The maximum atomic E-state index is 12.9. The zero-order valence-corrected chi connectivity index (χ0v) is 19.8. The van der Waals surface area contributed by atoms with Crippen molar-refractivity contribution in [3.63, 3.8) is 0 Å². The molecule has 0 saturated heterocycles. The van der Waals surface area contributed by atoms with Gasteiger partial charge < -0.3 is 4.98 Å². The van der Waals surface area contributed by atoms with Crippen LogP contribution in [0.3, 0.4) is 0 Å². The summed E-state index contributed by atoms with van der Waals surface area (Å²) in [5, 5.41) is 13.5. The van der Waals surface area contributed by atoms with E-state index in [2.05, 4.69) is 61.8 Å². The minimum absolute atomic E-state index is 0.0650. The zero-order chi connectivity index (χ0) is 24.0. The molecule has 0 aliphatic carbocycles. The average molecular weight is 465 g/mol. The Balaban J connectivity index is 1.39. The van der Waals surface area contributed by atoms with Crippen LogP contribution in [0, 0.1) is 6.92 Å². The van der Waals surface area contributed by atoms with Gasteiger partial charge in [-0.25, -0.2) is 4.68 Å². The second-order valence-electron chi connectivity index (χ2n) is 8.90. The van der Waals surface area contributed by atoms with Gasteiger partial charge in [-0.05, 0) is 58.0 Å². The molecule has 0 unspecified atom stereocenters. The second-order valence-corrected chi connectivity index (χ2v) is 8.90. The topological polar surface area (TPSA) is 79.7 Å². The summed E-state index contributed by atoms with van der Waals surface area (Å²) in [6, 6.07) is 28.7. The number of tetrazole rings is 1. The van der Waals surface area contributed by atoms with Crippen molar-refractivity contribution in [3.8, 4) is 0 Å². The number of rotatable bonds is 9. The number of nitrogens with one attached hydrogen (secondary N) is 1. The molecule has 3 aromatic carbocycles. The SMILES string of the molecule is Cc1ccc2cc(CN(Cc3ccccc3)Cc3nnnn3CCc3ccccc3)c(=O)[nH]c2c1. The van der Waals surface area contributed by atoms with Crippen LogP contribution in [0.5, 0.6) is 0 Å². The van der Waals surface area contributed by atoms with E-state index in [1.54, 1.807) is 0 Å². The fraction of sp³-hybridized carbons (Fsp3) is 0.214. The average Bonchev–Trinajstić information content (AvgIpc) is 3.31. The van der Waals surface area contributed by atoms with Gasteiger partial charge >= 0.3 is 0 Å². The lowest BCUT2D eigenvalue weighted by molar-refractivity contribution is 0.235. The Morgan fingerprint density at radius 3 is 2.37 bits per heavy atom. The van der Waals surface area contributed by atoms with Crippen LogP contribution in [-0.2, 0) is 32.6 Å². The summed E-state index contributed by atoms with van der Waals surface area (Å²) in [7, 11) is 0. The van der Waals surface area contributed by atoms with Crippen LogP contribution >= 0.6 is 0 Å². The highest BCUT2D eigenvalue weighted by Gasteiger charge is 2.16. The maximum absolute atomic E-state index is 12.9. The van der Waals surface area contributed by atoms with Crippen LogP contribution in [0.1, 0.15) is 28.1 Å². The number of nitrogens with zero attached hydrogens (tertiary/aromatic N) is 5. The predicted octanol–water partition coefficient (Wildman–Crippen LogP) is 4.27. The van der Waals surface area contributed by atoms with Crippen molar-refractivity contribution in [2.24, 2.45) is 0 Å². The van der Waals surface area contributed by atoms with Gasteiger partial charge in [-0.1, -0.05) is 72.8 Å². The first-order chi connectivity index (χ1) is 17.1. The van der Waals surface area contributed by atoms with Crippen molar-refractivity contribution in [3.05, 3.63) is 123 Å². The minimum atomic E-state index is -0.0650. The molecule has 0 atom stereocenters. The van der Waals surface area contributed by atoms with E-state index in [1.807, 2.05) is 60.1 Å². The Kier molecular flexibility index (Phi) is 6.77. The molecule has 2 heterocycles. The number of H-pyrrole nitrogens is 1. The van der Waals surface area contributed by atoms with Gasteiger partial charge in [0, 0.05) is 30.7 Å². The largest absolute Gasteiger partial charge is 0.322 e. The fourth-order valence-electron chi connectivity index (χ4n) is 4.32. The van der Waals surface area contributed by atoms with Crippen molar-refractivity contribution < 1.29 is 0 Å². The summed E-state index contributed by atoms with van der Waals surface area (Å²) in [5.41, 5.74) is 5.05. The summed E-state index contributed by atoms with van der Waals surface area (Å²) in [6.45, 7) is 4.41. The smallest absolute Gasteiger partial charge is 0.252 e. The Morgan fingerprint density at radius 1 is 0.857 bits per heavy atom. The number of hydrogen-bond acceptors (Lipinski definition) is 5.